The van der Waals surface area contributed by atoms with Crippen molar-refractivity contribution in [2.45, 2.75) is 38.8 Å². The maximum atomic E-state index is 12.3. The van der Waals surface area contributed by atoms with Crippen LogP contribution < -0.4 is 10.1 Å². The zero-order valence-corrected chi connectivity index (χ0v) is 16.7. The van der Waals surface area contributed by atoms with E-state index in [1.807, 2.05) is 6.92 Å². The summed E-state index contributed by atoms with van der Waals surface area (Å²) in [5.74, 6) is 1.41. The Labute approximate surface area is 169 Å². The minimum atomic E-state index is -0.224. The van der Waals surface area contributed by atoms with E-state index in [2.05, 4.69) is 15.5 Å². The second kappa shape index (κ2) is 10.0. The van der Waals surface area contributed by atoms with Crippen LogP contribution in [0.25, 0.3) is 0 Å². The van der Waals surface area contributed by atoms with Crippen molar-refractivity contribution in [3.05, 3.63) is 41.6 Å². The molecule has 0 aliphatic carbocycles. The van der Waals surface area contributed by atoms with Crippen LogP contribution in [-0.4, -0.2) is 59.8 Å². The van der Waals surface area contributed by atoms with Gasteiger partial charge in [-0.25, -0.2) is 0 Å². The summed E-state index contributed by atoms with van der Waals surface area (Å²) in [6.07, 6.45) is 2.24. The van der Waals surface area contributed by atoms with Crippen LogP contribution in [0.3, 0.4) is 0 Å². The highest BCUT2D eigenvalue weighted by molar-refractivity contribution is 5.94. The Kier molecular flexibility index (Phi) is 7.18. The number of hydrogen-bond donors (Lipinski definition) is 1. The Hall–Kier alpha value is -2.94. The Morgan fingerprint density at radius 1 is 1.17 bits per heavy atom. The van der Waals surface area contributed by atoms with Crippen molar-refractivity contribution >= 4 is 11.8 Å². The van der Waals surface area contributed by atoms with Crippen LogP contribution >= 0.6 is 0 Å². The molecule has 1 aromatic carbocycles. The molecule has 1 aliphatic rings. The molecule has 0 saturated carbocycles. The quantitative estimate of drug-likeness (QED) is 0.714. The van der Waals surface area contributed by atoms with Crippen molar-refractivity contribution in [1.82, 2.24) is 20.4 Å². The molecule has 156 valence electrons. The average molecular weight is 402 g/mol. The highest BCUT2D eigenvalue weighted by atomic mass is 16.5. The van der Waals surface area contributed by atoms with E-state index in [4.69, 9.17) is 13.9 Å². The Balaban J connectivity index is 1.45. The van der Waals surface area contributed by atoms with Gasteiger partial charge in [0, 0.05) is 45.0 Å². The third-order valence-corrected chi connectivity index (χ3v) is 4.69. The van der Waals surface area contributed by atoms with E-state index in [0.717, 1.165) is 12.8 Å². The standard InChI is InChI=1S/C20H26N4O5/c1-3-17-22-23-18(29-17)12-21-20(26)14-4-6-15(7-5-14)28-16-8-10-24(11-9-16)19(25)13-27-2/h4-7,16H,3,8-13H2,1-2H3,(H,21,26). The summed E-state index contributed by atoms with van der Waals surface area (Å²) in [6.45, 7) is 3.53. The van der Waals surface area contributed by atoms with Crippen molar-refractivity contribution in [3.8, 4) is 5.75 Å². The van der Waals surface area contributed by atoms with E-state index in [9.17, 15) is 9.59 Å². The zero-order valence-electron chi connectivity index (χ0n) is 16.7. The largest absolute Gasteiger partial charge is 0.490 e. The summed E-state index contributed by atoms with van der Waals surface area (Å²) in [6, 6.07) is 6.99. The number of methoxy groups -OCH3 is 1. The summed E-state index contributed by atoms with van der Waals surface area (Å²) in [4.78, 5) is 25.9. The number of carbonyl (C=O) groups is 2. The fourth-order valence-electron chi connectivity index (χ4n) is 3.08. The molecule has 9 heteroatoms. The molecule has 9 nitrogen and oxygen atoms in total. The molecule has 3 rings (SSSR count). The predicted octanol–water partition coefficient (Wildman–Crippen LogP) is 1.58. The number of aromatic nitrogens is 2. The smallest absolute Gasteiger partial charge is 0.251 e. The van der Waals surface area contributed by atoms with E-state index in [1.54, 1.807) is 29.2 Å². The molecule has 1 N–H and O–H groups in total. The average Bonchev–Trinajstić information content (AvgIpc) is 3.21. The van der Waals surface area contributed by atoms with E-state index in [1.165, 1.54) is 7.11 Å². The lowest BCUT2D eigenvalue weighted by atomic mass is 10.1. The van der Waals surface area contributed by atoms with Crippen molar-refractivity contribution in [1.29, 1.82) is 0 Å². The first-order valence-electron chi connectivity index (χ1n) is 9.72. The van der Waals surface area contributed by atoms with Gasteiger partial charge in [-0.2, -0.15) is 0 Å². The number of piperidine rings is 1. The maximum Gasteiger partial charge on any atom is 0.251 e. The molecule has 1 aliphatic heterocycles. The SMILES string of the molecule is CCc1nnc(CNC(=O)c2ccc(OC3CCN(C(=O)COC)CC3)cc2)o1. The summed E-state index contributed by atoms with van der Waals surface area (Å²) in [7, 11) is 1.52. The molecule has 0 radical (unpaired) electrons. The van der Waals surface area contributed by atoms with E-state index < -0.39 is 0 Å². The molecule has 1 fully saturated rings. The normalized spacial score (nSPS) is 14.6. The minimum absolute atomic E-state index is 0.00719. The second-order valence-corrected chi connectivity index (χ2v) is 6.78. The molecule has 0 unspecified atom stereocenters. The number of rotatable bonds is 8. The first-order valence-corrected chi connectivity index (χ1v) is 9.72. The number of likely N-dealkylation sites (tertiary alicyclic amines) is 1. The summed E-state index contributed by atoms with van der Waals surface area (Å²) >= 11 is 0. The number of ether oxygens (including phenoxy) is 2. The van der Waals surface area contributed by atoms with E-state index in [-0.39, 0.29) is 31.1 Å². The Morgan fingerprint density at radius 3 is 2.48 bits per heavy atom. The van der Waals surface area contributed by atoms with E-state index in [0.29, 0.717) is 42.6 Å². The Bertz CT molecular complexity index is 813. The van der Waals surface area contributed by atoms with Gasteiger partial charge in [-0.15, -0.1) is 10.2 Å². The zero-order chi connectivity index (χ0) is 20.6. The van der Waals surface area contributed by atoms with Gasteiger partial charge in [-0.1, -0.05) is 6.92 Å². The molecule has 2 amide bonds. The predicted molar refractivity (Wildman–Crippen MR) is 103 cm³/mol. The molecular weight excluding hydrogens is 376 g/mol. The molecule has 2 aromatic rings. The first-order chi connectivity index (χ1) is 14.1. The molecule has 0 atom stereocenters. The monoisotopic (exact) mass is 402 g/mol. The topological polar surface area (TPSA) is 107 Å². The fourth-order valence-corrected chi connectivity index (χ4v) is 3.08. The van der Waals surface area contributed by atoms with Gasteiger partial charge in [-0.05, 0) is 24.3 Å². The minimum Gasteiger partial charge on any atom is -0.490 e. The van der Waals surface area contributed by atoms with Crippen LogP contribution in [0.15, 0.2) is 28.7 Å². The molecule has 0 bridgehead atoms. The molecule has 0 spiro atoms. The highest BCUT2D eigenvalue weighted by Gasteiger charge is 2.23. The van der Waals surface area contributed by atoms with Crippen LogP contribution in [0.1, 0.15) is 41.9 Å². The second-order valence-electron chi connectivity index (χ2n) is 6.78. The van der Waals surface area contributed by atoms with Crippen molar-refractivity contribution < 1.29 is 23.5 Å². The summed E-state index contributed by atoms with van der Waals surface area (Å²) in [5, 5.41) is 10.5. The van der Waals surface area contributed by atoms with Crippen molar-refractivity contribution in [2.24, 2.45) is 0 Å². The van der Waals surface area contributed by atoms with Crippen LogP contribution in [-0.2, 0) is 22.5 Å². The van der Waals surface area contributed by atoms with Gasteiger partial charge in [0.15, 0.2) is 0 Å². The number of nitrogens with zero attached hydrogens (tertiary/aromatic N) is 3. The van der Waals surface area contributed by atoms with Gasteiger partial charge in [0.2, 0.25) is 17.7 Å². The number of aryl methyl sites for hydroxylation is 1. The van der Waals surface area contributed by atoms with Crippen LogP contribution in [0.5, 0.6) is 5.75 Å². The lowest BCUT2D eigenvalue weighted by molar-refractivity contribution is -0.136. The molecule has 1 aromatic heterocycles. The lowest BCUT2D eigenvalue weighted by Gasteiger charge is -2.32. The number of hydrogen-bond acceptors (Lipinski definition) is 7. The third-order valence-electron chi connectivity index (χ3n) is 4.69. The molecule has 2 heterocycles. The third kappa shape index (κ3) is 5.77. The van der Waals surface area contributed by atoms with Crippen LogP contribution in [0, 0.1) is 0 Å². The molecular formula is C20H26N4O5. The van der Waals surface area contributed by atoms with Gasteiger partial charge in [0.25, 0.3) is 5.91 Å². The number of amides is 2. The van der Waals surface area contributed by atoms with Crippen molar-refractivity contribution in [2.75, 3.05) is 26.8 Å². The number of nitrogens with one attached hydrogen (secondary N) is 1. The van der Waals surface area contributed by atoms with Crippen LogP contribution in [0.4, 0.5) is 0 Å². The van der Waals surface area contributed by atoms with Crippen molar-refractivity contribution in [3.63, 3.8) is 0 Å². The fraction of sp³-hybridized carbons (Fsp3) is 0.500. The lowest BCUT2D eigenvalue weighted by Crippen LogP contribution is -2.43. The van der Waals surface area contributed by atoms with Crippen LogP contribution in [0.2, 0.25) is 0 Å². The summed E-state index contributed by atoms with van der Waals surface area (Å²) in [5.41, 5.74) is 0.521. The maximum absolute atomic E-state index is 12.3. The molecule has 1 saturated heterocycles. The Morgan fingerprint density at radius 2 is 1.86 bits per heavy atom. The number of benzene rings is 1. The van der Waals surface area contributed by atoms with Gasteiger partial charge in [0.1, 0.15) is 18.5 Å². The van der Waals surface area contributed by atoms with E-state index >= 15 is 0 Å². The highest BCUT2D eigenvalue weighted by Crippen LogP contribution is 2.20. The van der Waals surface area contributed by atoms with Gasteiger partial charge in [0.05, 0.1) is 6.54 Å². The molecule has 29 heavy (non-hydrogen) atoms. The summed E-state index contributed by atoms with van der Waals surface area (Å²) < 4.78 is 16.3. The van der Waals surface area contributed by atoms with Gasteiger partial charge >= 0.3 is 0 Å². The first kappa shape index (κ1) is 20.8. The van der Waals surface area contributed by atoms with Gasteiger partial charge in [-0.3, -0.25) is 9.59 Å². The van der Waals surface area contributed by atoms with Gasteiger partial charge < -0.3 is 24.1 Å². The number of carbonyl (C=O) groups excluding carboxylic acids is 2.